The molecule has 1 N–H and O–H groups in total. The highest BCUT2D eigenvalue weighted by atomic mass is 19.3. The Hall–Kier alpha value is -3.14. The zero-order valence-electron chi connectivity index (χ0n) is 16.7. The summed E-state index contributed by atoms with van der Waals surface area (Å²) in [5.41, 5.74) is 0.181. The van der Waals surface area contributed by atoms with Crippen molar-refractivity contribution in [2.75, 3.05) is 31.5 Å². The van der Waals surface area contributed by atoms with Crippen LogP contribution >= 0.6 is 0 Å². The van der Waals surface area contributed by atoms with Crippen LogP contribution in [0, 0.1) is 11.6 Å². The van der Waals surface area contributed by atoms with Crippen molar-refractivity contribution in [3.8, 4) is 5.75 Å². The fourth-order valence-electron chi connectivity index (χ4n) is 3.31. The van der Waals surface area contributed by atoms with E-state index in [1.807, 2.05) is 4.90 Å². The monoisotopic (exact) mass is 439 g/mol. The van der Waals surface area contributed by atoms with Crippen LogP contribution in [0.2, 0.25) is 0 Å². The quantitative estimate of drug-likeness (QED) is 0.702. The van der Waals surface area contributed by atoms with E-state index in [2.05, 4.69) is 10.1 Å². The Kier molecular flexibility index (Phi) is 7.11. The molecule has 0 saturated carbocycles. The van der Waals surface area contributed by atoms with E-state index in [4.69, 9.17) is 0 Å². The Morgan fingerprint density at radius 3 is 2.32 bits per heavy atom. The molecule has 6 nitrogen and oxygen atoms in total. The van der Waals surface area contributed by atoms with E-state index in [1.165, 1.54) is 29.2 Å². The number of anilines is 1. The van der Waals surface area contributed by atoms with Gasteiger partial charge >= 0.3 is 6.61 Å². The lowest BCUT2D eigenvalue weighted by molar-refractivity contribution is -0.121. The highest BCUT2D eigenvalue weighted by Crippen LogP contribution is 2.23. The third-order valence-electron chi connectivity index (χ3n) is 5.05. The Morgan fingerprint density at radius 1 is 1.00 bits per heavy atom. The van der Waals surface area contributed by atoms with Crippen molar-refractivity contribution in [1.29, 1.82) is 0 Å². The second-order valence-corrected chi connectivity index (χ2v) is 7.00. The van der Waals surface area contributed by atoms with Crippen molar-refractivity contribution in [2.24, 2.45) is 0 Å². The SMILES string of the molecule is CC(C(=O)Nc1ccc(F)c(F)c1)N1CCN(C(=O)c2ccccc2OC(F)F)CC1. The van der Waals surface area contributed by atoms with Gasteiger partial charge in [-0.15, -0.1) is 0 Å². The fraction of sp³-hybridized carbons (Fsp3) is 0.333. The number of carbonyl (C=O) groups excluding carboxylic acids is 2. The molecular weight excluding hydrogens is 418 g/mol. The summed E-state index contributed by atoms with van der Waals surface area (Å²) in [4.78, 5) is 28.5. The molecule has 2 aromatic rings. The highest BCUT2D eigenvalue weighted by molar-refractivity contribution is 5.97. The number of amides is 2. The number of carbonyl (C=O) groups is 2. The predicted octanol–water partition coefficient (Wildman–Crippen LogP) is 3.35. The molecule has 0 spiro atoms. The van der Waals surface area contributed by atoms with Gasteiger partial charge in [0.15, 0.2) is 11.6 Å². The molecule has 31 heavy (non-hydrogen) atoms. The van der Waals surface area contributed by atoms with Gasteiger partial charge in [-0.1, -0.05) is 12.1 Å². The predicted molar refractivity (Wildman–Crippen MR) is 105 cm³/mol. The van der Waals surface area contributed by atoms with Crippen LogP contribution in [-0.4, -0.2) is 60.4 Å². The van der Waals surface area contributed by atoms with Crippen LogP contribution in [0.4, 0.5) is 23.2 Å². The number of nitrogens with zero attached hydrogens (tertiary/aromatic N) is 2. The maximum absolute atomic E-state index is 13.3. The average Bonchev–Trinajstić information content (AvgIpc) is 2.75. The molecule has 1 fully saturated rings. The van der Waals surface area contributed by atoms with Crippen molar-refractivity contribution >= 4 is 17.5 Å². The molecule has 166 valence electrons. The lowest BCUT2D eigenvalue weighted by Gasteiger charge is -2.37. The second kappa shape index (κ2) is 9.78. The molecule has 1 unspecified atom stereocenters. The third kappa shape index (κ3) is 5.52. The first-order valence-electron chi connectivity index (χ1n) is 9.59. The third-order valence-corrected chi connectivity index (χ3v) is 5.05. The number of rotatable bonds is 6. The van der Waals surface area contributed by atoms with E-state index in [-0.39, 0.29) is 30.1 Å². The number of ether oxygens (including phenoxy) is 1. The smallest absolute Gasteiger partial charge is 0.387 e. The Labute approximate surface area is 176 Å². The molecule has 0 aromatic heterocycles. The van der Waals surface area contributed by atoms with Crippen LogP contribution < -0.4 is 10.1 Å². The van der Waals surface area contributed by atoms with Gasteiger partial charge in [-0.2, -0.15) is 8.78 Å². The van der Waals surface area contributed by atoms with Gasteiger partial charge in [0, 0.05) is 37.9 Å². The van der Waals surface area contributed by atoms with Gasteiger partial charge in [0.25, 0.3) is 5.91 Å². The fourth-order valence-corrected chi connectivity index (χ4v) is 3.31. The second-order valence-electron chi connectivity index (χ2n) is 7.00. The van der Waals surface area contributed by atoms with E-state index < -0.39 is 36.1 Å². The average molecular weight is 439 g/mol. The number of hydrogen-bond acceptors (Lipinski definition) is 4. The lowest BCUT2D eigenvalue weighted by Crippen LogP contribution is -2.54. The van der Waals surface area contributed by atoms with Gasteiger partial charge in [0.2, 0.25) is 5.91 Å². The number of halogens is 4. The molecule has 1 saturated heterocycles. The molecule has 1 heterocycles. The first kappa shape index (κ1) is 22.5. The number of para-hydroxylation sites is 1. The Morgan fingerprint density at radius 2 is 1.68 bits per heavy atom. The normalized spacial score (nSPS) is 15.6. The summed E-state index contributed by atoms with van der Waals surface area (Å²) in [5, 5.41) is 2.54. The molecule has 10 heteroatoms. The van der Waals surface area contributed by atoms with Gasteiger partial charge < -0.3 is 15.0 Å². The molecular formula is C21H21F4N3O3. The summed E-state index contributed by atoms with van der Waals surface area (Å²) < 4.78 is 55.9. The lowest BCUT2D eigenvalue weighted by atomic mass is 10.1. The largest absolute Gasteiger partial charge is 0.434 e. The van der Waals surface area contributed by atoms with E-state index in [0.717, 1.165) is 12.1 Å². The molecule has 2 aromatic carbocycles. The zero-order valence-corrected chi connectivity index (χ0v) is 16.7. The maximum Gasteiger partial charge on any atom is 0.387 e. The van der Waals surface area contributed by atoms with Crippen LogP contribution in [-0.2, 0) is 4.79 Å². The van der Waals surface area contributed by atoms with Crippen molar-refractivity contribution in [1.82, 2.24) is 9.80 Å². The zero-order chi connectivity index (χ0) is 22.5. The van der Waals surface area contributed by atoms with Crippen molar-refractivity contribution < 1.29 is 31.9 Å². The van der Waals surface area contributed by atoms with Gasteiger partial charge in [-0.3, -0.25) is 14.5 Å². The highest BCUT2D eigenvalue weighted by Gasteiger charge is 2.29. The van der Waals surface area contributed by atoms with Crippen molar-refractivity contribution in [2.45, 2.75) is 19.6 Å². The van der Waals surface area contributed by atoms with E-state index in [0.29, 0.717) is 13.1 Å². The number of hydrogen-bond donors (Lipinski definition) is 1. The number of piperazine rings is 1. The summed E-state index contributed by atoms with van der Waals surface area (Å²) >= 11 is 0. The summed E-state index contributed by atoms with van der Waals surface area (Å²) in [6.07, 6.45) is 0. The standard InChI is InChI=1S/C21H21F4N3O3/c1-13(19(29)26-14-6-7-16(22)17(23)12-14)27-8-10-28(11-9-27)20(30)15-4-2-3-5-18(15)31-21(24)25/h2-7,12-13,21H,8-11H2,1H3,(H,26,29). The molecule has 3 rings (SSSR count). The minimum atomic E-state index is -3.04. The van der Waals surface area contributed by atoms with Crippen LogP contribution in [0.15, 0.2) is 42.5 Å². The molecule has 0 bridgehead atoms. The van der Waals surface area contributed by atoms with E-state index in [1.54, 1.807) is 13.0 Å². The Bertz CT molecular complexity index is 949. The molecule has 1 aliphatic heterocycles. The summed E-state index contributed by atoms with van der Waals surface area (Å²) in [6, 6.07) is 8.29. The van der Waals surface area contributed by atoms with E-state index >= 15 is 0 Å². The minimum Gasteiger partial charge on any atom is -0.434 e. The number of benzene rings is 2. The maximum atomic E-state index is 13.3. The number of alkyl halides is 2. The first-order valence-corrected chi connectivity index (χ1v) is 9.59. The van der Waals surface area contributed by atoms with Gasteiger partial charge in [0.1, 0.15) is 5.75 Å². The van der Waals surface area contributed by atoms with Crippen LogP contribution in [0.25, 0.3) is 0 Å². The Balaban J connectivity index is 1.58. The minimum absolute atomic E-state index is 0.0420. The van der Waals surface area contributed by atoms with Crippen LogP contribution in [0.5, 0.6) is 5.75 Å². The molecule has 1 aliphatic rings. The summed E-state index contributed by atoms with van der Waals surface area (Å²) in [7, 11) is 0. The van der Waals surface area contributed by atoms with Gasteiger partial charge in [-0.25, -0.2) is 8.78 Å². The van der Waals surface area contributed by atoms with Gasteiger partial charge in [-0.05, 0) is 31.2 Å². The summed E-state index contributed by atoms with van der Waals surface area (Å²) in [6.45, 7) is -0.0700. The first-order chi connectivity index (χ1) is 14.8. The number of nitrogens with one attached hydrogen (secondary N) is 1. The molecule has 2 amide bonds. The molecule has 0 radical (unpaired) electrons. The van der Waals surface area contributed by atoms with Crippen molar-refractivity contribution in [3.05, 3.63) is 59.7 Å². The topological polar surface area (TPSA) is 61.9 Å². The van der Waals surface area contributed by atoms with Gasteiger partial charge in [0.05, 0.1) is 11.6 Å². The van der Waals surface area contributed by atoms with Crippen LogP contribution in [0.3, 0.4) is 0 Å². The van der Waals surface area contributed by atoms with E-state index in [9.17, 15) is 27.2 Å². The van der Waals surface area contributed by atoms with Crippen LogP contribution in [0.1, 0.15) is 17.3 Å². The molecule has 1 atom stereocenters. The summed E-state index contributed by atoms with van der Waals surface area (Å²) in [5.74, 6) is -3.10. The van der Waals surface area contributed by atoms with Crippen molar-refractivity contribution in [3.63, 3.8) is 0 Å². The molecule has 0 aliphatic carbocycles.